The minimum absolute atomic E-state index is 0.278. The van der Waals surface area contributed by atoms with Gasteiger partial charge < -0.3 is 10.4 Å². The number of hydrogen-bond donors (Lipinski definition) is 2. The fourth-order valence-electron chi connectivity index (χ4n) is 1.13. The lowest BCUT2D eigenvalue weighted by atomic mass is 10.2. The van der Waals surface area contributed by atoms with Crippen molar-refractivity contribution in [2.45, 2.75) is 13.0 Å². The van der Waals surface area contributed by atoms with E-state index in [-0.39, 0.29) is 6.10 Å². The Morgan fingerprint density at radius 3 is 2.71 bits per heavy atom. The van der Waals surface area contributed by atoms with E-state index < -0.39 is 0 Å². The summed E-state index contributed by atoms with van der Waals surface area (Å²) >= 11 is 0. The van der Waals surface area contributed by atoms with E-state index in [0.29, 0.717) is 6.54 Å². The second kappa shape index (κ2) is 6.35. The average molecular weight is 191 g/mol. The number of aliphatic hydroxyl groups excluding tert-OH is 1. The number of benzene rings is 1. The van der Waals surface area contributed by atoms with E-state index in [1.54, 1.807) is 6.92 Å². The van der Waals surface area contributed by atoms with E-state index in [9.17, 15) is 0 Å². The molecule has 76 valence electrons. The first-order valence-corrected chi connectivity index (χ1v) is 4.89. The lowest BCUT2D eigenvalue weighted by molar-refractivity contribution is 0.193. The molecule has 0 bridgehead atoms. The zero-order valence-corrected chi connectivity index (χ0v) is 8.48. The predicted octanol–water partition coefficient (Wildman–Crippen LogP) is 1.67. The third-order valence-electron chi connectivity index (χ3n) is 1.81. The first kappa shape index (κ1) is 11.0. The van der Waals surface area contributed by atoms with Gasteiger partial charge in [0.25, 0.3) is 0 Å². The van der Waals surface area contributed by atoms with Crippen molar-refractivity contribution in [2.75, 3.05) is 13.1 Å². The Morgan fingerprint density at radius 2 is 2.07 bits per heavy atom. The van der Waals surface area contributed by atoms with Gasteiger partial charge in [0.1, 0.15) is 0 Å². The molecule has 1 aromatic carbocycles. The number of nitrogens with one attached hydrogen (secondary N) is 1. The number of rotatable bonds is 5. The summed E-state index contributed by atoms with van der Waals surface area (Å²) in [6.07, 6.45) is 3.84. The second-order valence-corrected chi connectivity index (χ2v) is 3.32. The van der Waals surface area contributed by atoms with Gasteiger partial charge in [0.15, 0.2) is 0 Å². The monoisotopic (exact) mass is 191 g/mol. The molecule has 0 saturated carbocycles. The normalized spacial score (nSPS) is 13.3. The van der Waals surface area contributed by atoms with Crippen molar-refractivity contribution >= 4 is 6.08 Å². The van der Waals surface area contributed by atoms with Crippen LogP contribution in [0.4, 0.5) is 0 Å². The smallest absolute Gasteiger partial charge is 0.0636 e. The summed E-state index contributed by atoms with van der Waals surface area (Å²) in [4.78, 5) is 0. The lowest BCUT2D eigenvalue weighted by Crippen LogP contribution is -2.24. The summed E-state index contributed by atoms with van der Waals surface area (Å²) < 4.78 is 0. The zero-order chi connectivity index (χ0) is 10.2. The topological polar surface area (TPSA) is 32.3 Å². The fraction of sp³-hybridized carbons (Fsp3) is 0.333. The van der Waals surface area contributed by atoms with Crippen LogP contribution in [0.5, 0.6) is 0 Å². The van der Waals surface area contributed by atoms with Crippen LogP contribution >= 0.6 is 0 Å². The molecule has 0 fully saturated rings. The Balaban J connectivity index is 2.21. The van der Waals surface area contributed by atoms with E-state index in [1.807, 2.05) is 18.2 Å². The van der Waals surface area contributed by atoms with Crippen molar-refractivity contribution in [1.29, 1.82) is 0 Å². The molecule has 0 aliphatic heterocycles. The molecule has 0 heterocycles. The van der Waals surface area contributed by atoms with Crippen LogP contribution in [-0.4, -0.2) is 24.3 Å². The molecular weight excluding hydrogens is 174 g/mol. The van der Waals surface area contributed by atoms with Gasteiger partial charge in [-0.15, -0.1) is 0 Å². The van der Waals surface area contributed by atoms with Gasteiger partial charge in [-0.2, -0.15) is 0 Å². The molecular formula is C12H17NO. The maximum absolute atomic E-state index is 8.98. The van der Waals surface area contributed by atoms with Crippen molar-refractivity contribution in [1.82, 2.24) is 5.32 Å². The van der Waals surface area contributed by atoms with Gasteiger partial charge >= 0.3 is 0 Å². The predicted molar refractivity (Wildman–Crippen MR) is 60.0 cm³/mol. The van der Waals surface area contributed by atoms with Gasteiger partial charge in [-0.3, -0.25) is 0 Å². The molecule has 0 aliphatic carbocycles. The zero-order valence-electron chi connectivity index (χ0n) is 8.48. The van der Waals surface area contributed by atoms with E-state index in [2.05, 4.69) is 29.6 Å². The third kappa shape index (κ3) is 4.80. The van der Waals surface area contributed by atoms with Crippen molar-refractivity contribution in [3.63, 3.8) is 0 Å². The maximum Gasteiger partial charge on any atom is 0.0636 e. The van der Waals surface area contributed by atoms with Gasteiger partial charge in [-0.05, 0) is 12.5 Å². The van der Waals surface area contributed by atoms with Crippen molar-refractivity contribution in [3.8, 4) is 0 Å². The van der Waals surface area contributed by atoms with Crippen LogP contribution in [0.1, 0.15) is 12.5 Å². The van der Waals surface area contributed by atoms with Crippen molar-refractivity contribution < 1.29 is 5.11 Å². The third-order valence-corrected chi connectivity index (χ3v) is 1.81. The van der Waals surface area contributed by atoms with E-state index in [1.165, 1.54) is 5.56 Å². The summed E-state index contributed by atoms with van der Waals surface area (Å²) in [5.41, 5.74) is 1.20. The minimum Gasteiger partial charge on any atom is -0.392 e. The molecule has 1 aromatic rings. The minimum atomic E-state index is -0.278. The molecule has 2 nitrogen and oxygen atoms in total. The van der Waals surface area contributed by atoms with Crippen LogP contribution in [0.25, 0.3) is 6.08 Å². The number of aliphatic hydroxyl groups is 1. The molecule has 0 saturated heterocycles. The summed E-state index contributed by atoms with van der Waals surface area (Å²) in [5.74, 6) is 0. The van der Waals surface area contributed by atoms with Crippen LogP contribution < -0.4 is 5.32 Å². The van der Waals surface area contributed by atoms with E-state index >= 15 is 0 Å². The Labute approximate surface area is 85.3 Å². The highest BCUT2D eigenvalue weighted by atomic mass is 16.3. The average Bonchev–Trinajstić information content (AvgIpc) is 2.18. The Bertz CT molecular complexity index is 267. The Hall–Kier alpha value is -1.12. The largest absolute Gasteiger partial charge is 0.392 e. The molecule has 0 aliphatic rings. The molecule has 2 N–H and O–H groups in total. The maximum atomic E-state index is 8.98. The molecule has 0 radical (unpaired) electrons. The second-order valence-electron chi connectivity index (χ2n) is 3.32. The SMILES string of the molecule is C[C@H](O)CNC/C=C/c1ccccc1. The molecule has 0 spiro atoms. The van der Waals surface area contributed by atoms with Crippen molar-refractivity contribution in [3.05, 3.63) is 42.0 Å². The first-order valence-electron chi connectivity index (χ1n) is 4.89. The molecule has 1 rings (SSSR count). The van der Waals surface area contributed by atoms with Gasteiger partial charge in [-0.25, -0.2) is 0 Å². The van der Waals surface area contributed by atoms with Crippen LogP contribution in [-0.2, 0) is 0 Å². The summed E-state index contributed by atoms with van der Waals surface area (Å²) in [6, 6.07) is 10.2. The number of hydrogen-bond acceptors (Lipinski definition) is 2. The highest BCUT2D eigenvalue weighted by molar-refractivity contribution is 5.48. The highest BCUT2D eigenvalue weighted by Gasteiger charge is 1.90. The lowest BCUT2D eigenvalue weighted by Gasteiger charge is -2.02. The van der Waals surface area contributed by atoms with Crippen LogP contribution in [0, 0.1) is 0 Å². The molecule has 14 heavy (non-hydrogen) atoms. The molecule has 0 aromatic heterocycles. The molecule has 2 heteroatoms. The first-order chi connectivity index (χ1) is 6.79. The van der Waals surface area contributed by atoms with Crippen LogP contribution in [0.3, 0.4) is 0 Å². The van der Waals surface area contributed by atoms with Crippen LogP contribution in [0.15, 0.2) is 36.4 Å². The van der Waals surface area contributed by atoms with Gasteiger partial charge in [0, 0.05) is 13.1 Å². The Kier molecular flexibility index (Phi) is 4.97. The molecule has 0 unspecified atom stereocenters. The standard InChI is InChI=1S/C12H17NO/c1-11(14)10-13-9-5-8-12-6-3-2-4-7-12/h2-8,11,13-14H,9-10H2,1H3/b8-5+/t11-/m0/s1. The molecule has 1 atom stereocenters. The van der Waals surface area contributed by atoms with Gasteiger partial charge in [0.2, 0.25) is 0 Å². The van der Waals surface area contributed by atoms with E-state index in [4.69, 9.17) is 5.11 Å². The van der Waals surface area contributed by atoms with Gasteiger partial charge in [0.05, 0.1) is 6.10 Å². The van der Waals surface area contributed by atoms with E-state index in [0.717, 1.165) is 6.54 Å². The summed E-state index contributed by atoms with van der Waals surface area (Å²) in [7, 11) is 0. The van der Waals surface area contributed by atoms with Gasteiger partial charge in [-0.1, -0.05) is 42.5 Å². The quantitative estimate of drug-likeness (QED) is 0.694. The summed E-state index contributed by atoms with van der Waals surface area (Å²) in [6.45, 7) is 3.20. The fourth-order valence-corrected chi connectivity index (χ4v) is 1.13. The molecule has 0 amide bonds. The highest BCUT2D eigenvalue weighted by Crippen LogP contribution is 1.99. The Morgan fingerprint density at radius 1 is 1.36 bits per heavy atom. The summed E-state index contributed by atoms with van der Waals surface area (Å²) in [5, 5.41) is 12.1. The van der Waals surface area contributed by atoms with Crippen molar-refractivity contribution in [2.24, 2.45) is 0 Å². The van der Waals surface area contributed by atoms with Crippen LogP contribution in [0.2, 0.25) is 0 Å².